The minimum absolute atomic E-state index is 0.0848. The highest BCUT2D eigenvalue weighted by atomic mass is 127. The van der Waals surface area contributed by atoms with Crippen LogP contribution in [0.1, 0.15) is 47.2 Å². The summed E-state index contributed by atoms with van der Waals surface area (Å²) in [7, 11) is 0. The lowest BCUT2D eigenvalue weighted by Gasteiger charge is -2.45. The van der Waals surface area contributed by atoms with Gasteiger partial charge < -0.3 is 0 Å². The Kier molecular flexibility index (Phi) is 7.89. The van der Waals surface area contributed by atoms with E-state index < -0.39 is 0 Å². The summed E-state index contributed by atoms with van der Waals surface area (Å²) in [5.74, 6) is 0.0848. The minimum Gasteiger partial charge on any atom is -0.256 e. The number of allylic oxidation sites excluding steroid dienone is 6. The van der Waals surface area contributed by atoms with Crippen molar-refractivity contribution in [3.8, 4) is 11.3 Å². The standard InChI is InChI=1S/C48H35IN2/c1-3-10-32-19-22-39(28-44(32)49)48(2)42-15-8-7-14-40(42)47(36-18-17-31-11-4-5-12-33(31)25-36)41-23-20-34(27-43(41)48)37-21-24-46(50-29-37)38-26-35-13-6-9-16-45(35)51-30-38/h3-30,43H,1-2H3/b10-3-. The van der Waals surface area contributed by atoms with Gasteiger partial charge in [-0.15, -0.1) is 0 Å². The lowest BCUT2D eigenvalue weighted by atomic mass is 9.57. The first-order chi connectivity index (χ1) is 25.0. The smallest absolute Gasteiger partial charge is 0.0718 e. The third kappa shape index (κ3) is 5.39. The van der Waals surface area contributed by atoms with Crippen molar-refractivity contribution < 1.29 is 0 Å². The van der Waals surface area contributed by atoms with Crippen LogP contribution in [0.5, 0.6) is 0 Å². The summed E-state index contributed by atoms with van der Waals surface area (Å²) >= 11 is 2.50. The zero-order valence-electron chi connectivity index (χ0n) is 28.5. The number of para-hydroxylation sites is 1. The summed E-state index contributed by atoms with van der Waals surface area (Å²) in [6, 6.07) is 46.3. The third-order valence-electron chi connectivity index (χ3n) is 10.8. The highest BCUT2D eigenvalue weighted by Gasteiger charge is 2.45. The molecule has 0 saturated heterocycles. The maximum atomic E-state index is 4.96. The van der Waals surface area contributed by atoms with Gasteiger partial charge in [0.25, 0.3) is 0 Å². The molecule has 2 atom stereocenters. The summed E-state index contributed by atoms with van der Waals surface area (Å²) in [6.45, 7) is 4.52. The second-order valence-corrected chi connectivity index (χ2v) is 14.8. The van der Waals surface area contributed by atoms with Crippen LogP contribution in [0.25, 0.3) is 50.2 Å². The van der Waals surface area contributed by atoms with Crippen molar-refractivity contribution in [2.45, 2.75) is 19.3 Å². The van der Waals surface area contributed by atoms with Crippen LogP contribution in [0.3, 0.4) is 0 Å². The molecular formula is C48H35IN2. The van der Waals surface area contributed by atoms with Gasteiger partial charge in [0.2, 0.25) is 0 Å². The highest BCUT2D eigenvalue weighted by molar-refractivity contribution is 14.1. The zero-order chi connectivity index (χ0) is 34.5. The van der Waals surface area contributed by atoms with Gasteiger partial charge >= 0.3 is 0 Å². The van der Waals surface area contributed by atoms with Crippen LogP contribution in [0, 0.1) is 9.49 Å². The second kappa shape index (κ2) is 12.7. The Morgan fingerprint density at radius 2 is 1.41 bits per heavy atom. The van der Waals surface area contributed by atoms with Gasteiger partial charge in [-0.2, -0.15) is 0 Å². The Morgan fingerprint density at radius 3 is 2.24 bits per heavy atom. The number of hydrogen-bond donors (Lipinski definition) is 0. The van der Waals surface area contributed by atoms with E-state index in [0.717, 1.165) is 27.7 Å². The number of fused-ring (bicyclic) bond motifs is 4. The molecule has 2 unspecified atom stereocenters. The molecular weight excluding hydrogens is 731 g/mol. The lowest BCUT2D eigenvalue weighted by Crippen LogP contribution is -2.38. The van der Waals surface area contributed by atoms with E-state index in [0.29, 0.717) is 0 Å². The molecule has 2 heterocycles. The van der Waals surface area contributed by atoms with Gasteiger partial charge in [-0.25, -0.2) is 0 Å². The second-order valence-electron chi connectivity index (χ2n) is 13.7. The molecule has 2 aromatic heterocycles. The number of nitrogens with zero attached hydrogens (tertiary/aromatic N) is 2. The summed E-state index contributed by atoms with van der Waals surface area (Å²) in [6.07, 6.45) is 15.4. The van der Waals surface area contributed by atoms with Crippen molar-refractivity contribution >= 4 is 61.5 Å². The largest absolute Gasteiger partial charge is 0.256 e. The van der Waals surface area contributed by atoms with Crippen LogP contribution < -0.4 is 0 Å². The van der Waals surface area contributed by atoms with Crippen LogP contribution in [-0.2, 0) is 5.41 Å². The van der Waals surface area contributed by atoms with Gasteiger partial charge in [0.15, 0.2) is 0 Å². The van der Waals surface area contributed by atoms with E-state index >= 15 is 0 Å². The van der Waals surface area contributed by atoms with Crippen LogP contribution in [0.15, 0.2) is 170 Å². The fraction of sp³-hybridized carbons (Fsp3) is 0.0833. The molecule has 2 nitrogen and oxygen atoms in total. The van der Waals surface area contributed by atoms with Gasteiger partial charge in [-0.05, 0) is 121 Å². The molecule has 0 N–H and O–H groups in total. The Hall–Kier alpha value is -5.39. The van der Waals surface area contributed by atoms with Gasteiger partial charge in [-0.3, -0.25) is 9.97 Å². The van der Waals surface area contributed by atoms with Crippen molar-refractivity contribution in [1.29, 1.82) is 0 Å². The first-order valence-electron chi connectivity index (χ1n) is 17.5. The average Bonchev–Trinajstić information content (AvgIpc) is 3.18. The minimum atomic E-state index is -0.319. The van der Waals surface area contributed by atoms with E-state index in [9.17, 15) is 0 Å². The normalized spacial score (nSPS) is 18.3. The van der Waals surface area contributed by atoms with E-state index in [2.05, 4.69) is 187 Å². The highest BCUT2D eigenvalue weighted by Crippen LogP contribution is 2.55. The molecule has 9 rings (SSSR count). The molecule has 0 bridgehead atoms. The number of benzene rings is 5. The molecule has 244 valence electrons. The molecule has 0 amide bonds. The third-order valence-corrected chi connectivity index (χ3v) is 11.7. The van der Waals surface area contributed by atoms with Crippen molar-refractivity contribution in [3.05, 3.63) is 207 Å². The molecule has 0 fully saturated rings. The molecule has 51 heavy (non-hydrogen) atoms. The number of rotatable bonds is 5. The van der Waals surface area contributed by atoms with E-state index in [1.165, 1.54) is 58.9 Å². The molecule has 0 saturated carbocycles. The van der Waals surface area contributed by atoms with E-state index in [4.69, 9.17) is 4.98 Å². The van der Waals surface area contributed by atoms with Crippen molar-refractivity contribution in [2.24, 2.45) is 5.92 Å². The predicted octanol–water partition coefficient (Wildman–Crippen LogP) is 12.5. The molecule has 0 spiro atoms. The predicted molar refractivity (Wildman–Crippen MR) is 222 cm³/mol. The first-order valence-corrected chi connectivity index (χ1v) is 18.6. The molecule has 2 aliphatic carbocycles. The Balaban J connectivity index is 1.21. The molecule has 0 radical (unpaired) electrons. The summed E-state index contributed by atoms with van der Waals surface area (Å²) in [5, 5.41) is 3.62. The van der Waals surface area contributed by atoms with Crippen molar-refractivity contribution in [3.63, 3.8) is 0 Å². The zero-order valence-corrected chi connectivity index (χ0v) is 30.7. The lowest BCUT2D eigenvalue weighted by molar-refractivity contribution is 0.463. The molecule has 3 heteroatoms. The Labute approximate surface area is 312 Å². The number of hydrogen-bond acceptors (Lipinski definition) is 2. The van der Waals surface area contributed by atoms with Gasteiger partial charge in [0.05, 0.1) is 11.2 Å². The molecule has 2 aliphatic rings. The fourth-order valence-corrected chi connectivity index (χ4v) is 8.80. The Morgan fingerprint density at radius 1 is 0.667 bits per heavy atom. The van der Waals surface area contributed by atoms with Crippen molar-refractivity contribution in [2.75, 3.05) is 0 Å². The van der Waals surface area contributed by atoms with Gasteiger partial charge in [0.1, 0.15) is 0 Å². The summed E-state index contributed by atoms with van der Waals surface area (Å²) < 4.78 is 1.26. The van der Waals surface area contributed by atoms with E-state index in [1.54, 1.807) is 0 Å². The van der Waals surface area contributed by atoms with Crippen LogP contribution in [0.2, 0.25) is 0 Å². The van der Waals surface area contributed by atoms with E-state index in [-0.39, 0.29) is 11.3 Å². The van der Waals surface area contributed by atoms with Crippen LogP contribution in [0.4, 0.5) is 0 Å². The quantitative estimate of drug-likeness (QED) is 0.163. The van der Waals surface area contributed by atoms with Crippen LogP contribution in [-0.4, -0.2) is 9.97 Å². The topological polar surface area (TPSA) is 25.8 Å². The summed E-state index contributed by atoms with van der Waals surface area (Å²) in [5.41, 5.74) is 14.0. The summed E-state index contributed by atoms with van der Waals surface area (Å²) in [4.78, 5) is 9.64. The van der Waals surface area contributed by atoms with Gasteiger partial charge in [0, 0.05) is 38.2 Å². The van der Waals surface area contributed by atoms with Crippen LogP contribution >= 0.6 is 22.6 Å². The first kappa shape index (κ1) is 31.6. The molecule has 5 aromatic carbocycles. The number of aromatic nitrogens is 2. The SMILES string of the molecule is C/C=C\c1ccc(C2(C)c3ccccc3C(c3ccc4ccccc4c3)=C3C=CC(c4ccc(-c5cnc6ccccc6c5)nc4)=CC32)cc1I. The van der Waals surface area contributed by atoms with Gasteiger partial charge in [-0.1, -0.05) is 134 Å². The maximum absolute atomic E-state index is 4.96. The maximum Gasteiger partial charge on any atom is 0.0718 e. The molecule has 7 aromatic rings. The number of pyridine rings is 2. The van der Waals surface area contributed by atoms with E-state index in [1.807, 2.05) is 24.5 Å². The van der Waals surface area contributed by atoms with Crippen molar-refractivity contribution in [1.82, 2.24) is 9.97 Å². The monoisotopic (exact) mass is 766 g/mol. The number of halogens is 1. The fourth-order valence-electron chi connectivity index (χ4n) is 8.11. The Bertz CT molecular complexity index is 2620. The molecule has 0 aliphatic heterocycles. The average molecular weight is 767 g/mol.